The van der Waals surface area contributed by atoms with Gasteiger partial charge >= 0.3 is 0 Å². The second kappa shape index (κ2) is 4.71. The van der Waals surface area contributed by atoms with Crippen molar-refractivity contribution in [3.05, 3.63) is 40.4 Å². The molecule has 1 aromatic carbocycles. The minimum absolute atomic E-state index is 0.0572. The summed E-state index contributed by atoms with van der Waals surface area (Å²) in [6.07, 6.45) is 3.73. The number of benzene rings is 1. The lowest BCUT2D eigenvalue weighted by molar-refractivity contribution is -0.116. The van der Waals surface area contributed by atoms with Gasteiger partial charge in [0.2, 0.25) is 5.91 Å². The molecule has 1 saturated heterocycles. The molecule has 0 aliphatic carbocycles. The predicted molar refractivity (Wildman–Crippen MR) is 66.3 cm³/mol. The molecule has 16 heavy (non-hydrogen) atoms. The maximum absolute atomic E-state index is 11.6. The summed E-state index contributed by atoms with van der Waals surface area (Å²) in [5.41, 5.74) is 1.88. The Bertz CT molecular complexity index is 422. The highest BCUT2D eigenvalue weighted by molar-refractivity contribution is 6.30. The maximum Gasteiger partial charge on any atom is 0.247 e. The van der Waals surface area contributed by atoms with Gasteiger partial charge in [0, 0.05) is 16.6 Å². The summed E-state index contributed by atoms with van der Waals surface area (Å²) >= 11 is 5.80. The molecule has 1 aliphatic heterocycles. The van der Waals surface area contributed by atoms with Gasteiger partial charge in [-0.1, -0.05) is 30.7 Å². The van der Waals surface area contributed by atoms with E-state index in [1.165, 1.54) is 0 Å². The number of carbonyl (C=O) groups excluding carboxylic acids is 1. The summed E-state index contributed by atoms with van der Waals surface area (Å²) in [7, 11) is 0. The fourth-order valence-corrected chi connectivity index (χ4v) is 1.94. The van der Waals surface area contributed by atoms with Gasteiger partial charge in [-0.2, -0.15) is 0 Å². The largest absolute Gasteiger partial charge is 0.349 e. The van der Waals surface area contributed by atoms with Crippen LogP contribution in [0.3, 0.4) is 0 Å². The second-order valence-electron chi connectivity index (χ2n) is 4.00. The average Bonchev–Trinajstić information content (AvgIpc) is 2.63. The minimum Gasteiger partial charge on any atom is -0.349 e. The Balaban J connectivity index is 2.18. The predicted octanol–water partition coefficient (Wildman–Crippen LogP) is 3.02. The lowest BCUT2D eigenvalue weighted by Gasteiger charge is -2.02. The third kappa shape index (κ3) is 2.45. The zero-order valence-electron chi connectivity index (χ0n) is 9.16. The average molecular weight is 236 g/mol. The van der Waals surface area contributed by atoms with Crippen molar-refractivity contribution in [1.29, 1.82) is 0 Å². The Labute approximate surface area is 100 Å². The second-order valence-corrected chi connectivity index (χ2v) is 4.44. The molecule has 1 N–H and O–H groups in total. The number of hydrogen-bond donors (Lipinski definition) is 1. The number of carbonyl (C=O) groups is 1. The van der Waals surface area contributed by atoms with E-state index < -0.39 is 0 Å². The third-order valence-corrected chi connectivity index (χ3v) is 3.05. The molecule has 0 bridgehead atoms. The van der Waals surface area contributed by atoms with Gasteiger partial charge in [-0.25, -0.2) is 0 Å². The summed E-state index contributed by atoms with van der Waals surface area (Å²) in [5, 5.41) is 3.66. The van der Waals surface area contributed by atoms with E-state index in [2.05, 4.69) is 12.2 Å². The number of rotatable bonds is 2. The van der Waals surface area contributed by atoms with E-state index in [1.54, 1.807) is 0 Å². The Kier molecular flexibility index (Phi) is 3.30. The van der Waals surface area contributed by atoms with E-state index in [0.29, 0.717) is 11.1 Å². The van der Waals surface area contributed by atoms with Crippen LogP contribution < -0.4 is 5.32 Å². The Hall–Kier alpha value is -1.28. The highest BCUT2D eigenvalue weighted by atomic mass is 35.5. The van der Waals surface area contributed by atoms with Gasteiger partial charge in [0.25, 0.3) is 0 Å². The van der Waals surface area contributed by atoms with E-state index in [1.807, 2.05) is 30.3 Å². The molecule has 3 heteroatoms. The fraction of sp³-hybridized carbons (Fsp3) is 0.308. The van der Waals surface area contributed by atoms with E-state index in [0.717, 1.165) is 24.0 Å². The SMILES string of the molecule is CCC1C/C(=C\c2ccc(Cl)cc2)C(=O)N1. The summed E-state index contributed by atoms with van der Waals surface area (Å²) < 4.78 is 0. The molecule has 0 aromatic heterocycles. The van der Waals surface area contributed by atoms with Crippen molar-refractivity contribution in [2.24, 2.45) is 0 Å². The van der Waals surface area contributed by atoms with Gasteiger partial charge in [-0.05, 0) is 36.6 Å². The van der Waals surface area contributed by atoms with Crippen molar-refractivity contribution in [3.63, 3.8) is 0 Å². The van der Waals surface area contributed by atoms with Crippen LogP contribution in [0.2, 0.25) is 5.02 Å². The number of amides is 1. The smallest absolute Gasteiger partial charge is 0.247 e. The molecule has 1 amide bonds. The molecule has 2 rings (SSSR count). The summed E-state index contributed by atoms with van der Waals surface area (Å²) in [4.78, 5) is 11.6. The molecule has 1 atom stereocenters. The minimum atomic E-state index is 0.0572. The van der Waals surface area contributed by atoms with Gasteiger partial charge in [0.1, 0.15) is 0 Å². The zero-order valence-corrected chi connectivity index (χ0v) is 9.92. The van der Waals surface area contributed by atoms with E-state index >= 15 is 0 Å². The lowest BCUT2D eigenvalue weighted by Crippen LogP contribution is -2.24. The Morgan fingerprint density at radius 2 is 2.12 bits per heavy atom. The topological polar surface area (TPSA) is 29.1 Å². The molecule has 0 spiro atoms. The molecule has 2 nitrogen and oxygen atoms in total. The molecular weight excluding hydrogens is 222 g/mol. The van der Waals surface area contributed by atoms with Crippen LogP contribution in [0.5, 0.6) is 0 Å². The van der Waals surface area contributed by atoms with Crippen molar-refractivity contribution in [2.75, 3.05) is 0 Å². The van der Waals surface area contributed by atoms with Crippen molar-refractivity contribution in [3.8, 4) is 0 Å². The van der Waals surface area contributed by atoms with Crippen LogP contribution in [0.25, 0.3) is 6.08 Å². The summed E-state index contributed by atoms with van der Waals surface area (Å²) in [6, 6.07) is 7.80. The van der Waals surface area contributed by atoms with Crippen molar-refractivity contribution < 1.29 is 4.79 Å². The number of hydrogen-bond acceptors (Lipinski definition) is 1. The quantitative estimate of drug-likeness (QED) is 0.785. The van der Waals surface area contributed by atoms with Crippen LogP contribution in [0.15, 0.2) is 29.8 Å². The van der Waals surface area contributed by atoms with Crippen LogP contribution >= 0.6 is 11.6 Å². The summed E-state index contributed by atoms with van der Waals surface area (Å²) in [5.74, 6) is 0.0572. The first-order chi connectivity index (χ1) is 7.69. The standard InChI is InChI=1S/C13H14ClNO/c1-2-12-8-10(13(16)15-12)7-9-3-5-11(14)6-4-9/h3-7,12H,2,8H2,1H3,(H,15,16)/b10-7+. The third-order valence-electron chi connectivity index (χ3n) is 2.80. The highest BCUT2D eigenvalue weighted by Crippen LogP contribution is 2.20. The fourth-order valence-electron chi connectivity index (χ4n) is 1.82. The van der Waals surface area contributed by atoms with Crippen molar-refractivity contribution >= 4 is 23.6 Å². The first-order valence-corrected chi connectivity index (χ1v) is 5.84. The Morgan fingerprint density at radius 3 is 2.69 bits per heavy atom. The molecule has 1 aliphatic rings. The van der Waals surface area contributed by atoms with Crippen LogP contribution in [0.1, 0.15) is 25.3 Å². The monoisotopic (exact) mass is 235 g/mol. The zero-order chi connectivity index (χ0) is 11.5. The first kappa shape index (κ1) is 11.2. The molecule has 1 aromatic rings. The van der Waals surface area contributed by atoms with Crippen molar-refractivity contribution in [1.82, 2.24) is 5.32 Å². The van der Waals surface area contributed by atoms with Crippen LogP contribution in [0.4, 0.5) is 0 Å². The first-order valence-electron chi connectivity index (χ1n) is 5.46. The van der Waals surface area contributed by atoms with Gasteiger partial charge in [-0.15, -0.1) is 0 Å². The Morgan fingerprint density at radius 1 is 1.44 bits per heavy atom. The van der Waals surface area contributed by atoms with E-state index in [4.69, 9.17) is 11.6 Å². The van der Waals surface area contributed by atoms with Gasteiger partial charge in [0.15, 0.2) is 0 Å². The molecule has 1 heterocycles. The number of nitrogens with one attached hydrogen (secondary N) is 1. The van der Waals surface area contributed by atoms with E-state index in [9.17, 15) is 4.79 Å². The lowest BCUT2D eigenvalue weighted by atomic mass is 10.1. The van der Waals surface area contributed by atoms with Gasteiger partial charge < -0.3 is 5.32 Å². The van der Waals surface area contributed by atoms with Crippen LogP contribution in [-0.2, 0) is 4.79 Å². The molecule has 1 fully saturated rings. The molecular formula is C13H14ClNO. The highest BCUT2D eigenvalue weighted by Gasteiger charge is 2.24. The van der Waals surface area contributed by atoms with Gasteiger partial charge in [0.05, 0.1) is 0 Å². The molecule has 84 valence electrons. The maximum atomic E-state index is 11.6. The summed E-state index contributed by atoms with van der Waals surface area (Å²) in [6.45, 7) is 2.08. The van der Waals surface area contributed by atoms with E-state index in [-0.39, 0.29) is 5.91 Å². The molecule has 1 unspecified atom stereocenters. The number of halogens is 1. The van der Waals surface area contributed by atoms with Crippen molar-refractivity contribution in [2.45, 2.75) is 25.8 Å². The van der Waals surface area contributed by atoms with Crippen LogP contribution in [0, 0.1) is 0 Å². The van der Waals surface area contributed by atoms with Crippen LogP contribution in [-0.4, -0.2) is 11.9 Å². The molecule has 0 radical (unpaired) electrons. The van der Waals surface area contributed by atoms with Gasteiger partial charge in [-0.3, -0.25) is 4.79 Å². The normalized spacial score (nSPS) is 22.5. The molecule has 0 saturated carbocycles.